The van der Waals surface area contributed by atoms with Crippen LogP contribution in [-0.2, 0) is 16.6 Å². The fourth-order valence-corrected chi connectivity index (χ4v) is 3.33. The number of para-hydroxylation sites is 1. The number of hydrogen-bond acceptors (Lipinski definition) is 4. The van der Waals surface area contributed by atoms with Gasteiger partial charge < -0.3 is 9.72 Å². The maximum Gasteiger partial charge on any atom is 0.260 e. The second-order valence-electron chi connectivity index (χ2n) is 4.21. The highest BCUT2D eigenvalue weighted by Gasteiger charge is 2.28. The van der Waals surface area contributed by atoms with E-state index < -0.39 is 10.0 Å². The summed E-state index contributed by atoms with van der Waals surface area (Å²) < 4.78 is 31.8. The quantitative estimate of drug-likeness (QED) is 0.889. The monoisotopic (exact) mass is 279 g/mol. The Labute approximate surface area is 111 Å². The Hall–Kier alpha value is -1.86. The van der Waals surface area contributed by atoms with Crippen LogP contribution in [0.5, 0.6) is 5.75 Å². The van der Waals surface area contributed by atoms with Crippen molar-refractivity contribution in [1.82, 2.24) is 14.3 Å². The van der Waals surface area contributed by atoms with E-state index >= 15 is 0 Å². The second-order valence-corrected chi connectivity index (χ2v) is 6.12. The lowest BCUT2D eigenvalue weighted by molar-refractivity contribution is 0.292. The summed E-state index contributed by atoms with van der Waals surface area (Å²) in [6.45, 7) is 0.956. The molecule has 7 heteroatoms. The SMILES string of the molecule is O=S(=O)(c1cnc[nH]1)N1CCOc2ccccc2C1. The average Bonchev–Trinajstić information content (AvgIpc) is 2.85. The molecule has 0 bridgehead atoms. The van der Waals surface area contributed by atoms with Crippen molar-refractivity contribution in [2.75, 3.05) is 13.2 Å². The lowest BCUT2D eigenvalue weighted by atomic mass is 10.2. The van der Waals surface area contributed by atoms with Gasteiger partial charge in [0.05, 0.1) is 12.5 Å². The Balaban J connectivity index is 1.95. The van der Waals surface area contributed by atoms with Gasteiger partial charge in [0.25, 0.3) is 10.0 Å². The fourth-order valence-electron chi connectivity index (χ4n) is 2.03. The summed E-state index contributed by atoms with van der Waals surface area (Å²) in [4.78, 5) is 6.40. The van der Waals surface area contributed by atoms with Gasteiger partial charge in [0.15, 0.2) is 5.03 Å². The number of aromatic amines is 1. The molecule has 1 N–H and O–H groups in total. The molecule has 6 nitrogen and oxygen atoms in total. The lowest BCUT2D eigenvalue weighted by Gasteiger charge is -2.18. The second kappa shape index (κ2) is 4.67. The first kappa shape index (κ1) is 12.2. The van der Waals surface area contributed by atoms with Crippen LogP contribution in [0.3, 0.4) is 0 Å². The van der Waals surface area contributed by atoms with E-state index in [1.807, 2.05) is 24.3 Å². The molecular formula is C12H13N3O3S. The van der Waals surface area contributed by atoms with E-state index in [0.717, 1.165) is 11.3 Å². The third-order valence-electron chi connectivity index (χ3n) is 3.01. The summed E-state index contributed by atoms with van der Waals surface area (Å²) in [6.07, 6.45) is 2.67. The van der Waals surface area contributed by atoms with Crippen molar-refractivity contribution < 1.29 is 13.2 Å². The van der Waals surface area contributed by atoms with Crippen molar-refractivity contribution in [3.63, 3.8) is 0 Å². The average molecular weight is 279 g/mol. The Bertz CT molecular complexity index is 667. The van der Waals surface area contributed by atoms with Crippen LogP contribution in [0.4, 0.5) is 0 Å². The van der Waals surface area contributed by atoms with Gasteiger partial charge in [0.2, 0.25) is 0 Å². The highest BCUT2D eigenvalue weighted by molar-refractivity contribution is 7.89. The summed E-state index contributed by atoms with van der Waals surface area (Å²) in [7, 11) is -3.55. The van der Waals surface area contributed by atoms with Crippen LogP contribution >= 0.6 is 0 Å². The summed E-state index contributed by atoms with van der Waals surface area (Å²) in [5.74, 6) is 0.741. The lowest BCUT2D eigenvalue weighted by Crippen LogP contribution is -2.32. The molecule has 0 fully saturated rings. The van der Waals surface area contributed by atoms with Gasteiger partial charge in [-0.3, -0.25) is 0 Å². The van der Waals surface area contributed by atoms with Crippen molar-refractivity contribution in [2.24, 2.45) is 0 Å². The van der Waals surface area contributed by atoms with E-state index in [9.17, 15) is 8.42 Å². The first-order valence-electron chi connectivity index (χ1n) is 5.87. The van der Waals surface area contributed by atoms with E-state index in [-0.39, 0.29) is 5.03 Å². The van der Waals surface area contributed by atoms with Gasteiger partial charge in [-0.15, -0.1) is 0 Å². The number of hydrogen-bond donors (Lipinski definition) is 1. The van der Waals surface area contributed by atoms with Crippen LogP contribution in [0.25, 0.3) is 0 Å². The third-order valence-corrected chi connectivity index (χ3v) is 4.78. The molecule has 0 unspecified atom stereocenters. The maximum atomic E-state index is 12.4. The Morgan fingerprint density at radius 1 is 1.32 bits per heavy atom. The van der Waals surface area contributed by atoms with Crippen molar-refractivity contribution in [3.8, 4) is 5.75 Å². The molecule has 2 heterocycles. The Morgan fingerprint density at radius 2 is 2.16 bits per heavy atom. The normalized spacial score (nSPS) is 16.4. The van der Waals surface area contributed by atoms with E-state index in [1.165, 1.54) is 16.8 Å². The number of imidazole rings is 1. The minimum Gasteiger partial charge on any atom is -0.492 e. The maximum absolute atomic E-state index is 12.4. The summed E-state index contributed by atoms with van der Waals surface area (Å²) in [5, 5.41) is 0.104. The van der Waals surface area contributed by atoms with Crippen molar-refractivity contribution in [3.05, 3.63) is 42.4 Å². The number of rotatable bonds is 2. The van der Waals surface area contributed by atoms with Gasteiger partial charge in [-0.1, -0.05) is 18.2 Å². The number of fused-ring (bicyclic) bond motifs is 1. The summed E-state index contributed by atoms with van der Waals surface area (Å²) >= 11 is 0. The van der Waals surface area contributed by atoms with Gasteiger partial charge in [0.1, 0.15) is 12.4 Å². The van der Waals surface area contributed by atoms with Crippen LogP contribution in [0, 0.1) is 0 Å². The van der Waals surface area contributed by atoms with E-state index in [0.29, 0.717) is 19.7 Å². The molecule has 0 atom stereocenters. The van der Waals surface area contributed by atoms with Crippen LogP contribution < -0.4 is 4.74 Å². The van der Waals surface area contributed by atoms with Gasteiger partial charge >= 0.3 is 0 Å². The Kier molecular flexibility index (Phi) is 3.00. The largest absolute Gasteiger partial charge is 0.492 e. The van der Waals surface area contributed by atoms with Crippen molar-refractivity contribution in [1.29, 1.82) is 0 Å². The molecule has 1 aromatic carbocycles. The first-order valence-corrected chi connectivity index (χ1v) is 7.31. The highest BCUT2D eigenvalue weighted by atomic mass is 32.2. The topological polar surface area (TPSA) is 75.3 Å². The molecule has 1 aliphatic rings. The zero-order valence-corrected chi connectivity index (χ0v) is 10.9. The number of nitrogens with zero attached hydrogens (tertiary/aromatic N) is 2. The Morgan fingerprint density at radius 3 is 2.95 bits per heavy atom. The molecule has 0 aliphatic carbocycles. The first-order chi connectivity index (χ1) is 9.18. The number of H-pyrrole nitrogens is 1. The smallest absolute Gasteiger partial charge is 0.260 e. The van der Waals surface area contributed by atoms with Gasteiger partial charge in [-0.25, -0.2) is 13.4 Å². The van der Waals surface area contributed by atoms with Crippen molar-refractivity contribution >= 4 is 10.0 Å². The van der Waals surface area contributed by atoms with E-state index in [1.54, 1.807) is 0 Å². The van der Waals surface area contributed by atoms with E-state index in [4.69, 9.17) is 4.74 Å². The van der Waals surface area contributed by atoms with E-state index in [2.05, 4.69) is 9.97 Å². The zero-order valence-electron chi connectivity index (χ0n) is 10.1. The molecular weight excluding hydrogens is 266 g/mol. The molecule has 1 aliphatic heterocycles. The minimum absolute atomic E-state index is 0.104. The zero-order chi connectivity index (χ0) is 13.3. The van der Waals surface area contributed by atoms with Crippen LogP contribution in [0.1, 0.15) is 5.56 Å². The van der Waals surface area contributed by atoms with Gasteiger partial charge in [0, 0.05) is 18.7 Å². The van der Waals surface area contributed by atoms with Gasteiger partial charge in [-0.05, 0) is 6.07 Å². The number of benzene rings is 1. The van der Waals surface area contributed by atoms with Crippen LogP contribution in [-0.4, -0.2) is 35.8 Å². The predicted molar refractivity (Wildman–Crippen MR) is 68.1 cm³/mol. The van der Waals surface area contributed by atoms with Crippen LogP contribution in [0.15, 0.2) is 41.8 Å². The van der Waals surface area contributed by atoms with Gasteiger partial charge in [-0.2, -0.15) is 4.31 Å². The number of aromatic nitrogens is 2. The predicted octanol–water partition coefficient (Wildman–Crippen LogP) is 0.993. The summed E-state index contributed by atoms with van der Waals surface area (Å²) in [5.41, 5.74) is 0.864. The molecule has 19 heavy (non-hydrogen) atoms. The van der Waals surface area contributed by atoms with Crippen LogP contribution in [0.2, 0.25) is 0 Å². The summed E-state index contributed by atoms with van der Waals surface area (Å²) in [6, 6.07) is 7.46. The molecule has 0 amide bonds. The molecule has 1 aromatic heterocycles. The molecule has 0 saturated heterocycles. The molecule has 0 radical (unpaired) electrons. The minimum atomic E-state index is -3.55. The number of sulfonamides is 1. The third kappa shape index (κ3) is 2.22. The molecule has 0 saturated carbocycles. The molecule has 2 aromatic rings. The molecule has 100 valence electrons. The van der Waals surface area contributed by atoms with Crippen molar-refractivity contribution in [2.45, 2.75) is 11.6 Å². The fraction of sp³-hybridized carbons (Fsp3) is 0.250. The standard InChI is InChI=1S/C12H13N3O3S/c16-19(17,12-7-13-9-14-12)15-5-6-18-11-4-2-1-3-10(11)8-15/h1-4,7,9H,5-6,8H2,(H,13,14). The number of ether oxygens (including phenoxy) is 1. The number of nitrogens with one attached hydrogen (secondary N) is 1. The molecule has 0 spiro atoms. The highest BCUT2D eigenvalue weighted by Crippen LogP contribution is 2.25. The molecule has 3 rings (SSSR count).